The summed E-state index contributed by atoms with van der Waals surface area (Å²) in [5, 5.41) is 6.66. The number of anilines is 1. The maximum atomic E-state index is 12.6. The molecule has 3 aromatic rings. The highest BCUT2D eigenvalue weighted by Crippen LogP contribution is 2.45. The molecule has 2 saturated heterocycles. The van der Waals surface area contributed by atoms with Crippen molar-refractivity contribution >= 4 is 22.8 Å². The van der Waals surface area contributed by atoms with Crippen LogP contribution >= 0.6 is 0 Å². The first-order valence-corrected chi connectivity index (χ1v) is 12.2. The van der Waals surface area contributed by atoms with E-state index in [0.717, 1.165) is 43.5 Å². The fraction of sp³-hybridized carbons (Fsp3) is 0.480. The molecule has 7 rings (SSSR count). The van der Waals surface area contributed by atoms with Crippen LogP contribution in [0.5, 0.6) is 11.6 Å². The molecule has 0 atom stereocenters. The van der Waals surface area contributed by atoms with E-state index in [-0.39, 0.29) is 29.2 Å². The van der Waals surface area contributed by atoms with E-state index >= 15 is 0 Å². The molecule has 188 valence electrons. The standard InChI is InChI=1S/C25H28N6O5/c1-34-17-10-19-22(27-12-17)28-13-20(32)31(19)9-8-25-6-4-24(5-7-25,15-35-25)29-11-16-2-3-18-23(30-16)36-21(33)14-26-18/h2-3,10,12-13,26,29H,4-9,11,14-15H2,1H3. The lowest BCUT2D eigenvalue weighted by Gasteiger charge is -2.53. The normalized spacial score (nSPS) is 24.8. The topological polar surface area (TPSA) is 129 Å². The zero-order chi connectivity index (χ0) is 24.8. The number of fused-ring (bicyclic) bond motifs is 5. The van der Waals surface area contributed by atoms with Crippen molar-refractivity contribution in [1.29, 1.82) is 0 Å². The number of methoxy groups -OCH3 is 1. The van der Waals surface area contributed by atoms with Gasteiger partial charge >= 0.3 is 5.97 Å². The number of carbonyl (C=O) groups is 1. The summed E-state index contributed by atoms with van der Waals surface area (Å²) in [5.41, 5.74) is 2.23. The number of pyridine rings is 2. The number of rotatable bonds is 7. The van der Waals surface area contributed by atoms with E-state index in [1.54, 1.807) is 23.9 Å². The van der Waals surface area contributed by atoms with Crippen molar-refractivity contribution in [3.63, 3.8) is 0 Å². The van der Waals surface area contributed by atoms with Crippen molar-refractivity contribution in [3.8, 4) is 11.6 Å². The largest absolute Gasteiger partial charge is 0.495 e. The molecule has 0 aromatic carbocycles. The summed E-state index contributed by atoms with van der Waals surface area (Å²) in [6.45, 7) is 1.86. The minimum atomic E-state index is -0.333. The predicted octanol–water partition coefficient (Wildman–Crippen LogP) is 1.79. The van der Waals surface area contributed by atoms with Gasteiger partial charge in [-0.3, -0.25) is 4.79 Å². The first kappa shape index (κ1) is 22.9. The SMILES string of the molecule is COc1cnc2ncc(=O)n(CCC34CCC(NCc5ccc6c(n5)OC(=O)CN6)(CC3)CO4)c2c1. The molecule has 2 N–H and O–H groups in total. The molecular formula is C25H28N6O5. The van der Waals surface area contributed by atoms with Crippen molar-refractivity contribution in [2.45, 2.75) is 56.3 Å². The maximum absolute atomic E-state index is 12.6. The van der Waals surface area contributed by atoms with Crippen LogP contribution in [0.4, 0.5) is 5.69 Å². The summed E-state index contributed by atoms with van der Waals surface area (Å²) in [6, 6.07) is 5.63. The molecule has 6 heterocycles. The Kier molecular flexibility index (Phi) is 5.60. The molecule has 1 saturated carbocycles. The highest BCUT2D eigenvalue weighted by molar-refractivity contribution is 5.82. The van der Waals surface area contributed by atoms with Crippen molar-refractivity contribution in [1.82, 2.24) is 24.8 Å². The summed E-state index contributed by atoms with van der Waals surface area (Å²) in [7, 11) is 1.58. The monoisotopic (exact) mass is 492 g/mol. The lowest BCUT2D eigenvalue weighted by Crippen LogP contribution is -2.61. The van der Waals surface area contributed by atoms with Gasteiger partial charge in [0.15, 0.2) is 5.65 Å². The number of carbonyl (C=O) groups excluding carboxylic acids is 1. The summed E-state index contributed by atoms with van der Waals surface area (Å²) < 4.78 is 18.7. The molecule has 0 spiro atoms. The lowest BCUT2D eigenvalue weighted by molar-refractivity contribution is -0.167. The summed E-state index contributed by atoms with van der Waals surface area (Å²) in [4.78, 5) is 37.1. The highest BCUT2D eigenvalue weighted by atomic mass is 16.5. The fourth-order valence-electron chi connectivity index (χ4n) is 5.38. The molecule has 3 fully saturated rings. The number of hydrogen-bond acceptors (Lipinski definition) is 10. The number of aromatic nitrogens is 4. The van der Waals surface area contributed by atoms with Gasteiger partial charge in [0.1, 0.15) is 12.3 Å². The second-order valence-corrected chi connectivity index (χ2v) is 9.80. The van der Waals surface area contributed by atoms with Gasteiger partial charge in [-0.15, -0.1) is 0 Å². The number of esters is 1. The molecular weight excluding hydrogens is 464 g/mol. The number of nitrogens with zero attached hydrogens (tertiary/aromatic N) is 4. The Morgan fingerprint density at radius 1 is 1.17 bits per heavy atom. The predicted molar refractivity (Wildman–Crippen MR) is 130 cm³/mol. The van der Waals surface area contributed by atoms with Crippen molar-refractivity contribution in [2.75, 3.05) is 25.6 Å². The maximum Gasteiger partial charge on any atom is 0.332 e. The molecule has 0 unspecified atom stereocenters. The number of nitrogens with one attached hydrogen (secondary N) is 2. The second kappa shape index (κ2) is 8.82. The molecule has 4 aliphatic rings. The van der Waals surface area contributed by atoms with Gasteiger partial charge in [-0.05, 0) is 44.2 Å². The zero-order valence-corrected chi connectivity index (χ0v) is 20.1. The zero-order valence-electron chi connectivity index (χ0n) is 20.1. The Labute approximate surface area is 207 Å². The van der Waals surface area contributed by atoms with Crippen LogP contribution in [-0.2, 0) is 22.6 Å². The molecule has 3 aliphatic heterocycles. The first-order chi connectivity index (χ1) is 17.5. The van der Waals surface area contributed by atoms with Gasteiger partial charge in [0.05, 0.1) is 48.6 Å². The molecule has 11 nitrogen and oxygen atoms in total. The molecule has 36 heavy (non-hydrogen) atoms. The highest BCUT2D eigenvalue weighted by Gasteiger charge is 2.49. The smallest absolute Gasteiger partial charge is 0.332 e. The van der Waals surface area contributed by atoms with E-state index in [9.17, 15) is 9.59 Å². The van der Waals surface area contributed by atoms with E-state index in [4.69, 9.17) is 14.2 Å². The molecule has 2 bridgehead atoms. The van der Waals surface area contributed by atoms with Crippen LogP contribution in [-0.4, -0.2) is 56.9 Å². The third-order valence-corrected chi connectivity index (χ3v) is 7.67. The van der Waals surface area contributed by atoms with Gasteiger partial charge in [-0.1, -0.05) is 0 Å². The summed E-state index contributed by atoms with van der Waals surface area (Å²) in [6.07, 6.45) is 7.46. The van der Waals surface area contributed by atoms with Gasteiger partial charge in [0, 0.05) is 24.7 Å². The average Bonchev–Trinajstić information content (AvgIpc) is 2.92. The summed E-state index contributed by atoms with van der Waals surface area (Å²) in [5.74, 6) is 0.588. The Bertz CT molecular complexity index is 1360. The van der Waals surface area contributed by atoms with Gasteiger partial charge in [0.25, 0.3) is 5.56 Å². The second-order valence-electron chi connectivity index (χ2n) is 9.80. The van der Waals surface area contributed by atoms with Crippen molar-refractivity contribution in [2.24, 2.45) is 0 Å². The molecule has 0 radical (unpaired) electrons. The molecule has 3 aromatic heterocycles. The van der Waals surface area contributed by atoms with Crippen LogP contribution in [0.2, 0.25) is 0 Å². The summed E-state index contributed by atoms with van der Waals surface area (Å²) >= 11 is 0. The quantitative estimate of drug-likeness (QED) is 0.471. The molecule has 0 amide bonds. The van der Waals surface area contributed by atoms with Gasteiger partial charge < -0.3 is 29.4 Å². The van der Waals surface area contributed by atoms with Gasteiger partial charge in [-0.25, -0.2) is 19.7 Å². The Balaban J connectivity index is 1.10. The average molecular weight is 493 g/mol. The first-order valence-electron chi connectivity index (χ1n) is 12.2. The molecule has 11 heteroatoms. The minimum absolute atomic E-state index is 0.105. The van der Waals surface area contributed by atoms with E-state index in [0.29, 0.717) is 42.5 Å². The third-order valence-electron chi connectivity index (χ3n) is 7.67. The van der Waals surface area contributed by atoms with Crippen molar-refractivity contribution < 1.29 is 19.0 Å². The van der Waals surface area contributed by atoms with Gasteiger partial charge in [0.2, 0.25) is 5.88 Å². The van der Waals surface area contributed by atoms with Crippen LogP contribution in [0.15, 0.2) is 35.4 Å². The van der Waals surface area contributed by atoms with E-state index < -0.39 is 0 Å². The van der Waals surface area contributed by atoms with Crippen LogP contribution in [0, 0.1) is 0 Å². The number of aryl methyl sites for hydroxylation is 1. The van der Waals surface area contributed by atoms with Crippen LogP contribution in [0.3, 0.4) is 0 Å². The molecule has 1 aliphatic carbocycles. The van der Waals surface area contributed by atoms with Crippen LogP contribution < -0.4 is 25.7 Å². The Hall–Kier alpha value is -3.57. The number of hydrogen-bond donors (Lipinski definition) is 2. The Morgan fingerprint density at radius 2 is 2.00 bits per heavy atom. The fourth-order valence-corrected chi connectivity index (χ4v) is 5.38. The number of ether oxygens (including phenoxy) is 3. The minimum Gasteiger partial charge on any atom is -0.495 e. The van der Waals surface area contributed by atoms with Crippen LogP contribution in [0.25, 0.3) is 11.2 Å². The van der Waals surface area contributed by atoms with E-state index in [1.807, 2.05) is 12.1 Å². The van der Waals surface area contributed by atoms with E-state index in [1.165, 1.54) is 6.20 Å². The van der Waals surface area contributed by atoms with Crippen LogP contribution in [0.1, 0.15) is 37.8 Å². The van der Waals surface area contributed by atoms with E-state index in [2.05, 4.69) is 25.6 Å². The lowest BCUT2D eigenvalue weighted by atomic mass is 9.70. The Morgan fingerprint density at radius 3 is 2.78 bits per heavy atom. The third kappa shape index (κ3) is 4.18. The van der Waals surface area contributed by atoms with Gasteiger partial charge in [-0.2, -0.15) is 0 Å². The van der Waals surface area contributed by atoms with Crippen molar-refractivity contribution in [3.05, 3.63) is 46.6 Å².